The molecule has 0 amide bonds. The van der Waals surface area contributed by atoms with Crippen LogP contribution in [-0.2, 0) is 0 Å². The summed E-state index contributed by atoms with van der Waals surface area (Å²) in [5, 5.41) is 14.2. The number of methoxy groups -OCH3 is 1. The number of carbonyl (C=O) groups is 1. The smallest absolute Gasteiger partial charge is 0.278 e. The Bertz CT molecular complexity index is 1100. The number of hydrogen-bond donors (Lipinski definition) is 1. The van der Waals surface area contributed by atoms with Crippen LogP contribution in [0.15, 0.2) is 84.9 Å². The summed E-state index contributed by atoms with van der Waals surface area (Å²) < 4.78 is 6.61. The predicted octanol–water partition coefficient (Wildman–Crippen LogP) is 4.62. The highest BCUT2D eigenvalue weighted by atomic mass is 16.5. The molecule has 0 atom stereocenters. The van der Waals surface area contributed by atoms with Gasteiger partial charge in [0.15, 0.2) is 0 Å². The van der Waals surface area contributed by atoms with Crippen molar-refractivity contribution in [3.05, 3.63) is 90.5 Å². The third kappa shape index (κ3) is 3.38. The average molecular weight is 370 g/mol. The maximum absolute atomic E-state index is 13.1. The van der Waals surface area contributed by atoms with E-state index in [0.717, 1.165) is 16.9 Å². The molecule has 28 heavy (non-hydrogen) atoms. The number of carbonyl (C=O) groups excluding carboxylic acids is 1. The Morgan fingerprint density at radius 3 is 2.18 bits per heavy atom. The predicted molar refractivity (Wildman–Crippen MR) is 107 cm³/mol. The van der Waals surface area contributed by atoms with Crippen LogP contribution in [0.3, 0.4) is 0 Å². The Morgan fingerprint density at radius 1 is 0.893 bits per heavy atom. The molecule has 0 radical (unpaired) electrons. The molecule has 0 saturated carbocycles. The fourth-order valence-electron chi connectivity index (χ4n) is 2.98. The van der Waals surface area contributed by atoms with Crippen molar-refractivity contribution >= 4 is 5.91 Å². The van der Waals surface area contributed by atoms with Crippen LogP contribution >= 0.6 is 0 Å². The highest BCUT2D eigenvalue weighted by Crippen LogP contribution is 2.29. The SMILES string of the molecule is COc1ccc(-c2cc(-c3ccc(O)cc3)n(C(=O)c3ccccc3)n2)cc1. The summed E-state index contributed by atoms with van der Waals surface area (Å²) in [6, 6.07) is 25.1. The van der Waals surface area contributed by atoms with Crippen molar-refractivity contribution in [2.75, 3.05) is 7.11 Å². The Labute approximate surface area is 162 Å². The van der Waals surface area contributed by atoms with Gasteiger partial charge in [-0.05, 0) is 66.7 Å². The number of aromatic nitrogens is 2. The van der Waals surface area contributed by atoms with Gasteiger partial charge in [-0.2, -0.15) is 9.78 Å². The molecular formula is C23H18N2O3. The quantitative estimate of drug-likeness (QED) is 0.569. The van der Waals surface area contributed by atoms with Crippen molar-refractivity contribution in [1.82, 2.24) is 9.78 Å². The van der Waals surface area contributed by atoms with Crippen molar-refractivity contribution in [3.63, 3.8) is 0 Å². The van der Waals surface area contributed by atoms with E-state index in [-0.39, 0.29) is 11.7 Å². The number of ether oxygens (including phenoxy) is 1. The van der Waals surface area contributed by atoms with Gasteiger partial charge < -0.3 is 9.84 Å². The molecule has 138 valence electrons. The molecular weight excluding hydrogens is 352 g/mol. The molecule has 0 saturated heterocycles. The second-order valence-electron chi connectivity index (χ2n) is 6.27. The van der Waals surface area contributed by atoms with Crippen LogP contribution in [0.5, 0.6) is 11.5 Å². The normalized spacial score (nSPS) is 10.6. The minimum absolute atomic E-state index is 0.166. The molecule has 0 spiro atoms. The van der Waals surface area contributed by atoms with E-state index >= 15 is 0 Å². The lowest BCUT2D eigenvalue weighted by Gasteiger charge is -2.06. The zero-order chi connectivity index (χ0) is 19.5. The van der Waals surface area contributed by atoms with Crippen LogP contribution in [0.25, 0.3) is 22.5 Å². The van der Waals surface area contributed by atoms with E-state index in [2.05, 4.69) is 5.10 Å². The Morgan fingerprint density at radius 2 is 1.54 bits per heavy atom. The highest BCUT2D eigenvalue weighted by Gasteiger charge is 2.18. The van der Waals surface area contributed by atoms with Crippen LogP contribution in [-0.4, -0.2) is 27.9 Å². The standard InChI is InChI=1S/C23H18N2O3/c1-28-20-13-9-16(10-14-20)21-15-22(17-7-11-19(26)12-8-17)25(24-21)23(27)18-5-3-2-4-6-18/h2-15,26H,1H3. The van der Waals surface area contributed by atoms with E-state index in [1.54, 1.807) is 43.5 Å². The second-order valence-corrected chi connectivity index (χ2v) is 6.27. The molecule has 0 bridgehead atoms. The van der Waals surface area contributed by atoms with Gasteiger partial charge in [0.25, 0.3) is 5.91 Å². The number of nitrogens with zero attached hydrogens (tertiary/aromatic N) is 2. The van der Waals surface area contributed by atoms with Crippen molar-refractivity contribution in [3.8, 4) is 34.0 Å². The van der Waals surface area contributed by atoms with Crippen molar-refractivity contribution in [2.45, 2.75) is 0 Å². The van der Waals surface area contributed by atoms with E-state index in [4.69, 9.17) is 4.74 Å². The summed E-state index contributed by atoms with van der Waals surface area (Å²) in [6.07, 6.45) is 0. The molecule has 3 aromatic carbocycles. The van der Waals surface area contributed by atoms with Crippen LogP contribution in [0.2, 0.25) is 0 Å². The topological polar surface area (TPSA) is 64.3 Å². The summed E-state index contributed by atoms with van der Waals surface area (Å²) in [7, 11) is 1.62. The minimum atomic E-state index is -0.219. The molecule has 0 fully saturated rings. The second kappa shape index (κ2) is 7.40. The molecule has 0 aliphatic rings. The van der Waals surface area contributed by atoms with Crippen molar-refractivity contribution in [2.24, 2.45) is 0 Å². The summed E-state index contributed by atoms with van der Waals surface area (Å²) in [5.74, 6) is 0.699. The van der Waals surface area contributed by atoms with E-state index < -0.39 is 0 Å². The third-order valence-electron chi connectivity index (χ3n) is 4.47. The van der Waals surface area contributed by atoms with Gasteiger partial charge in [-0.15, -0.1) is 0 Å². The zero-order valence-corrected chi connectivity index (χ0v) is 15.2. The zero-order valence-electron chi connectivity index (χ0n) is 15.2. The fraction of sp³-hybridized carbons (Fsp3) is 0.0435. The monoisotopic (exact) mass is 370 g/mol. The third-order valence-corrected chi connectivity index (χ3v) is 4.47. The number of benzene rings is 3. The van der Waals surface area contributed by atoms with Crippen LogP contribution in [0, 0.1) is 0 Å². The first kappa shape index (κ1) is 17.5. The number of phenolic OH excluding ortho intramolecular Hbond substituents is 1. The van der Waals surface area contributed by atoms with Gasteiger partial charge in [0.05, 0.1) is 18.5 Å². The molecule has 0 aliphatic heterocycles. The maximum atomic E-state index is 13.1. The minimum Gasteiger partial charge on any atom is -0.508 e. The Balaban J connectivity index is 1.83. The van der Waals surface area contributed by atoms with Gasteiger partial charge in [0.1, 0.15) is 11.5 Å². The molecule has 0 unspecified atom stereocenters. The van der Waals surface area contributed by atoms with Crippen LogP contribution in [0.1, 0.15) is 10.4 Å². The maximum Gasteiger partial charge on any atom is 0.278 e. The Kier molecular flexibility index (Phi) is 4.64. The van der Waals surface area contributed by atoms with Crippen LogP contribution < -0.4 is 4.74 Å². The summed E-state index contributed by atoms with van der Waals surface area (Å²) in [6.45, 7) is 0. The molecule has 1 N–H and O–H groups in total. The molecule has 1 heterocycles. The molecule has 1 aromatic heterocycles. The summed E-state index contributed by atoms with van der Waals surface area (Å²) >= 11 is 0. The summed E-state index contributed by atoms with van der Waals surface area (Å²) in [5.41, 5.74) is 3.54. The first-order valence-corrected chi connectivity index (χ1v) is 8.79. The van der Waals surface area contributed by atoms with E-state index in [9.17, 15) is 9.90 Å². The first-order chi connectivity index (χ1) is 13.7. The molecule has 4 aromatic rings. The van der Waals surface area contributed by atoms with E-state index in [0.29, 0.717) is 17.0 Å². The van der Waals surface area contributed by atoms with E-state index in [1.807, 2.05) is 48.5 Å². The van der Waals surface area contributed by atoms with Crippen molar-refractivity contribution in [1.29, 1.82) is 0 Å². The number of phenols is 1. The Hall–Kier alpha value is -3.86. The van der Waals surface area contributed by atoms with Gasteiger partial charge >= 0.3 is 0 Å². The number of hydrogen-bond acceptors (Lipinski definition) is 4. The highest BCUT2D eigenvalue weighted by molar-refractivity contribution is 5.98. The van der Waals surface area contributed by atoms with Gasteiger partial charge in [0, 0.05) is 16.7 Å². The van der Waals surface area contributed by atoms with E-state index in [1.165, 1.54) is 4.68 Å². The molecule has 4 rings (SSSR count). The lowest BCUT2D eigenvalue weighted by molar-refractivity contribution is 0.0947. The average Bonchev–Trinajstić information content (AvgIpc) is 3.20. The van der Waals surface area contributed by atoms with Gasteiger partial charge in [-0.1, -0.05) is 18.2 Å². The summed E-state index contributed by atoms with van der Waals surface area (Å²) in [4.78, 5) is 13.1. The van der Waals surface area contributed by atoms with Gasteiger partial charge in [-0.25, -0.2) is 0 Å². The number of rotatable bonds is 4. The van der Waals surface area contributed by atoms with Crippen LogP contribution in [0.4, 0.5) is 0 Å². The lowest BCUT2D eigenvalue weighted by atomic mass is 10.1. The molecule has 0 aliphatic carbocycles. The molecule has 5 nitrogen and oxygen atoms in total. The number of aromatic hydroxyl groups is 1. The lowest BCUT2D eigenvalue weighted by Crippen LogP contribution is -2.14. The van der Waals surface area contributed by atoms with Crippen molar-refractivity contribution < 1.29 is 14.6 Å². The van der Waals surface area contributed by atoms with Gasteiger partial charge in [-0.3, -0.25) is 4.79 Å². The molecule has 5 heteroatoms. The first-order valence-electron chi connectivity index (χ1n) is 8.79. The van der Waals surface area contributed by atoms with Gasteiger partial charge in [0.2, 0.25) is 0 Å². The fourth-order valence-corrected chi connectivity index (χ4v) is 2.98. The largest absolute Gasteiger partial charge is 0.508 e.